The number of nitrogens with one attached hydrogen (secondary N) is 3. The van der Waals surface area contributed by atoms with Gasteiger partial charge >= 0.3 is 0 Å². The average molecular weight is 508 g/mol. The van der Waals surface area contributed by atoms with Gasteiger partial charge in [0.25, 0.3) is 0 Å². The smallest absolute Gasteiger partial charge is 0.243 e. The molecule has 0 aliphatic carbocycles. The number of hydrogen-bond donors (Lipinski definition) is 6. The molecule has 1 aromatic rings. The van der Waals surface area contributed by atoms with Crippen LogP contribution in [0.15, 0.2) is 30.3 Å². The molecule has 5 atom stereocenters. The highest BCUT2D eigenvalue weighted by atomic mass is 16.5. The molecule has 1 rings (SSSR count). The van der Waals surface area contributed by atoms with Gasteiger partial charge in [-0.05, 0) is 30.7 Å². The summed E-state index contributed by atoms with van der Waals surface area (Å²) in [5, 5.41) is 17.4. The Kier molecular flexibility index (Phi) is 13.1. The molecule has 11 heteroatoms. The fraction of sp³-hybridized carbons (Fsp3) is 0.600. The normalized spacial score (nSPS) is 15.5. The van der Waals surface area contributed by atoms with Crippen LogP contribution >= 0.6 is 0 Å². The minimum absolute atomic E-state index is 0.0157. The highest BCUT2D eigenvalue weighted by Crippen LogP contribution is 2.09. The van der Waals surface area contributed by atoms with E-state index in [1.165, 1.54) is 6.92 Å². The molecule has 0 fully saturated rings. The van der Waals surface area contributed by atoms with Crippen molar-refractivity contribution in [3.63, 3.8) is 0 Å². The second-order valence-corrected chi connectivity index (χ2v) is 9.66. The molecule has 0 saturated carbocycles. The molecule has 0 aliphatic rings. The topological polar surface area (TPSA) is 186 Å². The number of nitrogens with two attached hydrogens (primary N) is 2. The molecule has 0 bridgehead atoms. The molecular weight excluding hydrogens is 466 g/mol. The average Bonchev–Trinajstić information content (AvgIpc) is 2.79. The molecule has 0 unspecified atom stereocenters. The van der Waals surface area contributed by atoms with Crippen LogP contribution in [0.25, 0.3) is 0 Å². The van der Waals surface area contributed by atoms with E-state index in [2.05, 4.69) is 16.0 Å². The Hall–Kier alpha value is -3.02. The predicted octanol–water partition coefficient (Wildman–Crippen LogP) is -0.447. The predicted molar refractivity (Wildman–Crippen MR) is 135 cm³/mol. The summed E-state index contributed by atoms with van der Waals surface area (Å²) in [6, 6.07) is 5.13. The van der Waals surface area contributed by atoms with Crippen LogP contribution in [0.1, 0.15) is 46.6 Å². The van der Waals surface area contributed by atoms with Gasteiger partial charge in [-0.2, -0.15) is 0 Å². The van der Waals surface area contributed by atoms with Gasteiger partial charge in [-0.1, -0.05) is 58.0 Å². The molecule has 202 valence electrons. The third kappa shape index (κ3) is 10.7. The first-order valence-electron chi connectivity index (χ1n) is 12.1. The molecule has 0 radical (unpaired) electrons. The van der Waals surface area contributed by atoms with Crippen LogP contribution in [0, 0.1) is 11.8 Å². The van der Waals surface area contributed by atoms with E-state index in [0.29, 0.717) is 6.61 Å². The lowest BCUT2D eigenvalue weighted by molar-refractivity contribution is -0.135. The number of aliphatic hydroxyl groups excluding tert-OH is 1. The molecule has 36 heavy (non-hydrogen) atoms. The van der Waals surface area contributed by atoms with Crippen LogP contribution in [0.4, 0.5) is 0 Å². The van der Waals surface area contributed by atoms with E-state index in [-0.39, 0.29) is 24.9 Å². The lowest BCUT2D eigenvalue weighted by Crippen LogP contribution is -2.60. The molecule has 11 nitrogen and oxygen atoms in total. The van der Waals surface area contributed by atoms with Gasteiger partial charge < -0.3 is 37.3 Å². The Bertz CT molecular complexity index is 862. The van der Waals surface area contributed by atoms with E-state index in [4.69, 9.17) is 16.2 Å². The number of carbonyl (C=O) groups is 4. The quantitative estimate of drug-likeness (QED) is 0.186. The summed E-state index contributed by atoms with van der Waals surface area (Å²) in [5.74, 6) is -3.01. The van der Waals surface area contributed by atoms with Gasteiger partial charge in [0.2, 0.25) is 23.6 Å². The highest BCUT2D eigenvalue weighted by Gasteiger charge is 2.32. The number of benzene rings is 1. The van der Waals surface area contributed by atoms with Gasteiger partial charge in [-0.15, -0.1) is 0 Å². The van der Waals surface area contributed by atoms with E-state index < -0.39 is 53.9 Å². The first kappa shape index (κ1) is 31.0. The van der Waals surface area contributed by atoms with Crippen LogP contribution in [0.5, 0.6) is 0 Å². The first-order chi connectivity index (χ1) is 16.8. The van der Waals surface area contributed by atoms with Crippen LogP contribution in [-0.4, -0.2) is 65.6 Å². The Balaban J connectivity index is 2.80. The SMILES string of the molecule is CC(C)C[C@H](NC(=O)[C@@H](NC(=O)[C@@H](N)COCc1ccccc1)C(C)C)C(=O)N[C@H](C(N)=O)[C@@H](C)O. The number of primary amides is 1. The third-order valence-electron chi connectivity index (χ3n) is 5.42. The van der Waals surface area contributed by atoms with Crippen molar-refractivity contribution in [2.45, 2.75) is 77.9 Å². The van der Waals surface area contributed by atoms with E-state index in [0.717, 1.165) is 5.56 Å². The lowest BCUT2D eigenvalue weighted by Gasteiger charge is -2.28. The Morgan fingerprint density at radius 3 is 1.97 bits per heavy atom. The van der Waals surface area contributed by atoms with Crippen LogP contribution < -0.4 is 27.4 Å². The minimum Gasteiger partial charge on any atom is -0.391 e. The number of amides is 4. The molecule has 0 heterocycles. The van der Waals surface area contributed by atoms with Crippen molar-refractivity contribution >= 4 is 23.6 Å². The summed E-state index contributed by atoms with van der Waals surface area (Å²) < 4.78 is 5.52. The maximum absolute atomic E-state index is 13.1. The number of hydrogen-bond acceptors (Lipinski definition) is 7. The third-order valence-corrected chi connectivity index (χ3v) is 5.42. The summed E-state index contributed by atoms with van der Waals surface area (Å²) in [7, 11) is 0. The number of ether oxygens (including phenoxy) is 1. The van der Waals surface area contributed by atoms with Gasteiger partial charge in [0.05, 0.1) is 19.3 Å². The molecule has 8 N–H and O–H groups in total. The lowest BCUT2D eigenvalue weighted by atomic mass is 9.99. The summed E-state index contributed by atoms with van der Waals surface area (Å²) in [4.78, 5) is 50.1. The largest absolute Gasteiger partial charge is 0.391 e. The molecule has 0 saturated heterocycles. The van der Waals surface area contributed by atoms with Crippen molar-refractivity contribution in [1.82, 2.24) is 16.0 Å². The van der Waals surface area contributed by atoms with Crippen LogP contribution in [0.3, 0.4) is 0 Å². The van der Waals surface area contributed by atoms with E-state index >= 15 is 0 Å². The Labute approximate surface area is 212 Å². The number of rotatable bonds is 15. The van der Waals surface area contributed by atoms with Crippen molar-refractivity contribution in [2.75, 3.05) is 6.61 Å². The fourth-order valence-electron chi connectivity index (χ4n) is 3.40. The zero-order valence-electron chi connectivity index (χ0n) is 21.7. The molecule has 0 aliphatic heterocycles. The summed E-state index contributed by atoms with van der Waals surface area (Å²) in [5.41, 5.74) is 12.2. The van der Waals surface area contributed by atoms with Crippen molar-refractivity contribution in [3.8, 4) is 0 Å². The Morgan fingerprint density at radius 1 is 0.889 bits per heavy atom. The van der Waals surface area contributed by atoms with Crippen molar-refractivity contribution in [3.05, 3.63) is 35.9 Å². The van der Waals surface area contributed by atoms with Gasteiger partial charge in [0.15, 0.2) is 0 Å². The van der Waals surface area contributed by atoms with Gasteiger partial charge in [0, 0.05) is 0 Å². The van der Waals surface area contributed by atoms with Crippen molar-refractivity contribution in [2.24, 2.45) is 23.3 Å². The van der Waals surface area contributed by atoms with Crippen molar-refractivity contribution < 1.29 is 29.0 Å². The monoisotopic (exact) mass is 507 g/mol. The van der Waals surface area contributed by atoms with E-state index in [1.807, 2.05) is 44.2 Å². The maximum atomic E-state index is 13.1. The van der Waals surface area contributed by atoms with E-state index in [9.17, 15) is 24.3 Å². The molecule has 0 aromatic heterocycles. The molecule has 0 spiro atoms. The minimum atomic E-state index is -1.31. The summed E-state index contributed by atoms with van der Waals surface area (Å²) in [6.07, 6.45) is -0.954. The second-order valence-electron chi connectivity index (χ2n) is 9.66. The first-order valence-corrected chi connectivity index (χ1v) is 12.1. The molecule has 1 aromatic carbocycles. The van der Waals surface area contributed by atoms with Gasteiger partial charge in [-0.3, -0.25) is 19.2 Å². The van der Waals surface area contributed by atoms with Crippen LogP contribution in [0.2, 0.25) is 0 Å². The van der Waals surface area contributed by atoms with Crippen LogP contribution in [-0.2, 0) is 30.5 Å². The van der Waals surface area contributed by atoms with Gasteiger partial charge in [0.1, 0.15) is 24.2 Å². The molecular formula is C25H41N5O6. The summed E-state index contributed by atoms with van der Waals surface area (Å²) >= 11 is 0. The standard InChI is InChI=1S/C25H41N5O6/c1-14(2)11-19(24(34)30-21(16(5)31)22(27)32)28-25(35)20(15(3)4)29-23(33)18(26)13-36-12-17-9-7-6-8-10-17/h6-10,14-16,18-21,31H,11-13,26H2,1-5H3,(H2,27,32)(H,28,35)(H,29,33)(H,30,34)/t16-,18+,19+,20+,21+/m1/s1. The van der Waals surface area contributed by atoms with Crippen molar-refractivity contribution in [1.29, 1.82) is 0 Å². The summed E-state index contributed by atoms with van der Waals surface area (Å²) in [6.45, 7) is 8.79. The number of aliphatic hydroxyl groups is 1. The van der Waals surface area contributed by atoms with E-state index in [1.54, 1.807) is 13.8 Å². The fourth-order valence-corrected chi connectivity index (χ4v) is 3.40. The zero-order chi connectivity index (χ0) is 27.4. The zero-order valence-corrected chi connectivity index (χ0v) is 21.7. The molecule has 4 amide bonds. The van der Waals surface area contributed by atoms with Gasteiger partial charge in [-0.25, -0.2) is 0 Å². The highest BCUT2D eigenvalue weighted by molar-refractivity contribution is 5.94. The second kappa shape index (κ2) is 15.2. The Morgan fingerprint density at radius 2 is 1.47 bits per heavy atom. The number of carbonyl (C=O) groups excluding carboxylic acids is 4. The maximum Gasteiger partial charge on any atom is 0.243 e.